The third-order valence-corrected chi connectivity index (χ3v) is 5.38. The summed E-state index contributed by atoms with van der Waals surface area (Å²) in [6.07, 6.45) is 1.61. The van der Waals surface area contributed by atoms with Crippen LogP contribution < -0.4 is 11.1 Å². The number of aryl methyl sites for hydroxylation is 1. The van der Waals surface area contributed by atoms with E-state index in [2.05, 4.69) is 15.4 Å². The van der Waals surface area contributed by atoms with Crippen LogP contribution in [0.4, 0.5) is 11.5 Å². The molecular formula is C25H19ClN6O. The van der Waals surface area contributed by atoms with E-state index in [4.69, 9.17) is 22.3 Å². The number of carbonyl (C=O) groups excluding carboxylic acids is 1. The molecule has 1 amide bonds. The van der Waals surface area contributed by atoms with Crippen molar-refractivity contribution in [1.82, 2.24) is 14.6 Å². The van der Waals surface area contributed by atoms with E-state index in [1.807, 2.05) is 67.6 Å². The zero-order chi connectivity index (χ0) is 22.9. The molecule has 7 nitrogen and oxygen atoms in total. The van der Waals surface area contributed by atoms with Gasteiger partial charge >= 0.3 is 0 Å². The minimum Gasteiger partial charge on any atom is -0.383 e. The van der Waals surface area contributed by atoms with E-state index in [1.54, 1.807) is 18.3 Å². The fraction of sp³-hybridized carbons (Fsp3) is 0.0400. The molecule has 0 spiro atoms. The lowest BCUT2D eigenvalue weighted by Gasteiger charge is -2.06. The molecule has 0 radical (unpaired) electrons. The molecule has 5 aromatic rings. The van der Waals surface area contributed by atoms with Crippen LogP contribution >= 0.6 is 11.6 Å². The average Bonchev–Trinajstić information content (AvgIpc) is 3.06. The van der Waals surface area contributed by atoms with E-state index in [9.17, 15) is 4.79 Å². The summed E-state index contributed by atoms with van der Waals surface area (Å²) in [6.45, 7) is 1.96. The van der Waals surface area contributed by atoms with E-state index >= 15 is 0 Å². The second-order valence-corrected chi connectivity index (χ2v) is 8.02. The largest absolute Gasteiger partial charge is 0.383 e. The summed E-state index contributed by atoms with van der Waals surface area (Å²) in [6, 6.07) is 22.2. The molecule has 162 valence electrons. The van der Waals surface area contributed by atoms with Gasteiger partial charge in [0.05, 0.1) is 17.2 Å². The number of anilines is 2. The van der Waals surface area contributed by atoms with E-state index in [-0.39, 0.29) is 17.3 Å². The quantitative estimate of drug-likeness (QED) is 0.362. The molecule has 2 heterocycles. The van der Waals surface area contributed by atoms with Crippen LogP contribution in [-0.4, -0.2) is 26.8 Å². The van der Waals surface area contributed by atoms with Gasteiger partial charge in [0.25, 0.3) is 5.91 Å². The third-order valence-electron chi connectivity index (χ3n) is 5.15. The summed E-state index contributed by atoms with van der Waals surface area (Å²) in [5.41, 5.74) is 11.2. The maximum Gasteiger partial charge on any atom is 0.261 e. The molecule has 8 heteroatoms. The summed E-state index contributed by atoms with van der Waals surface area (Å²) in [5.74, 6) is -0.242. The number of rotatable bonds is 4. The Morgan fingerprint density at radius 3 is 2.55 bits per heavy atom. The number of nitrogens with zero attached hydrogens (tertiary/aromatic N) is 4. The zero-order valence-corrected chi connectivity index (χ0v) is 18.4. The highest BCUT2D eigenvalue weighted by molar-refractivity contribution is 6.30. The number of amides is 1. The molecule has 3 aromatic carbocycles. The van der Waals surface area contributed by atoms with E-state index in [1.165, 1.54) is 4.68 Å². The molecule has 0 aliphatic rings. The van der Waals surface area contributed by atoms with Crippen molar-refractivity contribution in [3.8, 4) is 0 Å². The predicted octanol–water partition coefficient (Wildman–Crippen LogP) is 5.26. The van der Waals surface area contributed by atoms with Crippen LogP contribution in [0.25, 0.3) is 22.2 Å². The Kier molecular flexibility index (Phi) is 5.24. The van der Waals surface area contributed by atoms with Gasteiger partial charge in [0.1, 0.15) is 16.9 Å². The van der Waals surface area contributed by atoms with Crippen molar-refractivity contribution in [2.75, 3.05) is 11.1 Å². The molecule has 0 aliphatic carbocycles. The smallest absolute Gasteiger partial charge is 0.261 e. The van der Waals surface area contributed by atoms with Crippen LogP contribution in [0.1, 0.15) is 21.5 Å². The molecule has 3 N–H and O–H groups in total. The van der Waals surface area contributed by atoms with Crippen molar-refractivity contribution in [1.29, 1.82) is 0 Å². The molecule has 2 aromatic heterocycles. The molecule has 0 atom stereocenters. The fourth-order valence-electron chi connectivity index (χ4n) is 3.62. The van der Waals surface area contributed by atoms with E-state index < -0.39 is 0 Å². The van der Waals surface area contributed by atoms with Crippen LogP contribution in [0.2, 0.25) is 5.02 Å². The molecule has 0 bridgehead atoms. The third kappa shape index (κ3) is 4.02. The molecule has 0 aliphatic heterocycles. The van der Waals surface area contributed by atoms with Crippen molar-refractivity contribution in [2.45, 2.75) is 6.92 Å². The summed E-state index contributed by atoms with van der Waals surface area (Å²) in [5, 5.41) is 8.00. The molecular weight excluding hydrogens is 436 g/mol. The van der Waals surface area contributed by atoms with E-state index in [0.717, 1.165) is 11.1 Å². The van der Waals surface area contributed by atoms with Crippen molar-refractivity contribution >= 4 is 57.4 Å². The summed E-state index contributed by atoms with van der Waals surface area (Å²) in [7, 11) is 0. The first kappa shape index (κ1) is 20.7. The molecule has 33 heavy (non-hydrogen) atoms. The Labute approximate surface area is 194 Å². The second kappa shape index (κ2) is 8.37. The lowest BCUT2D eigenvalue weighted by atomic mass is 10.2. The molecule has 0 saturated carbocycles. The summed E-state index contributed by atoms with van der Waals surface area (Å²) < 4.78 is 1.43. The van der Waals surface area contributed by atoms with Crippen molar-refractivity contribution in [2.24, 2.45) is 5.10 Å². The second-order valence-electron chi connectivity index (χ2n) is 7.58. The Morgan fingerprint density at radius 2 is 1.79 bits per heavy atom. The van der Waals surface area contributed by atoms with Crippen LogP contribution in [0.15, 0.2) is 77.9 Å². The zero-order valence-electron chi connectivity index (χ0n) is 17.7. The van der Waals surface area contributed by atoms with Gasteiger partial charge in [-0.3, -0.25) is 4.79 Å². The van der Waals surface area contributed by atoms with Gasteiger partial charge in [-0.25, -0.2) is 9.97 Å². The number of fused-ring (bicyclic) bond motifs is 2. The monoisotopic (exact) mass is 454 g/mol. The maximum atomic E-state index is 13.3. The number of carbonyl (C=O) groups is 1. The lowest BCUT2D eigenvalue weighted by Crippen LogP contribution is -2.14. The number of hydrogen-bond donors (Lipinski definition) is 2. The van der Waals surface area contributed by atoms with Gasteiger partial charge in [-0.05, 0) is 54.4 Å². The van der Waals surface area contributed by atoms with Crippen LogP contribution in [0.3, 0.4) is 0 Å². The van der Waals surface area contributed by atoms with Gasteiger partial charge < -0.3 is 11.1 Å². The topological polar surface area (TPSA) is 98.2 Å². The SMILES string of the molecule is Cc1cccc(NC(=O)c2c(N)n(/N=C\c3cccc(Cl)c3)c3nc4ccccc4nc23)c1. The number of aromatic nitrogens is 3. The normalized spacial score (nSPS) is 11.5. The highest BCUT2D eigenvalue weighted by atomic mass is 35.5. The number of nitrogens with two attached hydrogens (primary N) is 1. The van der Waals surface area contributed by atoms with Crippen LogP contribution in [-0.2, 0) is 0 Å². The Hall–Kier alpha value is -4.23. The van der Waals surface area contributed by atoms with Crippen molar-refractivity contribution in [3.63, 3.8) is 0 Å². The number of nitrogens with one attached hydrogen (secondary N) is 1. The first-order valence-electron chi connectivity index (χ1n) is 10.2. The minimum absolute atomic E-state index is 0.142. The van der Waals surface area contributed by atoms with Gasteiger partial charge in [-0.2, -0.15) is 9.78 Å². The standard InChI is InChI=1S/C25H19ClN6O/c1-15-6-4-9-18(12-15)29-25(33)21-22-24(31-20-11-3-2-10-19(20)30-22)32(23(21)27)28-14-16-7-5-8-17(26)13-16/h2-14H,27H2,1H3,(H,29,33)/b28-14-. The van der Waals surface area contributed by atoms with Crippen LogP contribution in [0, 0.1) is 6.92 Å². The Morgan fingerprint density at radius 1 is 1.03 bits per heavy atom. The first-order chi connectivity index (χ1) is 16.0. The number of halogens is 1. The van der Waals surface area contributed by atoms with Gasteiger partial charge in [0.2, 0.25) is 0 Å². The highest BCUT2D eigenvalue weighted by Gasteiger charge is 2.24. The molecule has 0 unspecified atom stereocenters. The van der Waals surface area contributed by atoms with Gasteiger partial charge in [0.15, 0.2) is 5.65 Å². The maximum absolute atomic E-state index is 13.3. The number of para-hydroxylation sites is 2. The fourth-order valence-corrected chi connectivity index (χ4v) is 3.81. The van der Waals surface area contributed by atoms with Crippen molar-refractivity contribution < 1.29 is 4.79 Å². The van der Waals surface area contributed by atoms with Gasteiger partial charge in [-0.15, -0.1) is 0 Å². The number of hydrogen-bond acceptors (Lipinski definition) is 5. The average molecular weight is 455 g/mol. The Bertz CT molecular complexity index is 1560. The van der Waals surface area contributed by atoms with Crippen LogP contribution in [0.5, 0.6) is 0 Å². The van der Waals surface area contributed by atoms with Gasteiger partial charge in [-0.1, -0.05) is 48.0 Å². The minimum atomic E-state index is -0.385. The molecule has 0 saturated heterocycles. The predicted molar refractivity (Wildman–Crippen MR) is 133 cm³/mol. The number of nitrogen functional groups attached to an aromatic ring is 1. The van der Waals surface area contributed by atoms with E-state index in [0.29, 0.717) is 32.9 Å². The summed E-state index contributed by atoms with van der Waals surface area (Å²) in [4.78, 5) is 22.7. The summed E-state index contributed by atoms with van der Waals surface area (Å²) >= 11 is 6.08. The first-order valence-corrected chi connectivity index (χ1v) is 10.6. The molecule has 0 fully saturated rings. The molecule has 5 rings (SSSR count). The number of benzene rings is 3. The highest BCUT2D eigenvalue weighted by Crippen LogP contribution is 2.29. The van der Waals surface area contributed by atoms with Gasteiger partial charge in [0, 0.05) is 10.7 Å². The van der Waals surface area contributed by atoms with Crippen molar-refractivity contribution in [3.05, 3.63) is 94.5 Å². The Balaban J connectivity index is 1.67. The lowest BCUT2D eigenvalue weighted by molar-refractivity contribution is 0.102.